The molecule has 4 heterocycles. The number of likely N-dealkylation sites (tertiary alicyclic amines) is 1. The van der Waals surface area contributed by atoms with Crippen molar-refractivity contribution in [3.63, 3.8) is 0 Å². The van der Waals surface area contributed by atoms with Crippen molar-refractivity contribution in [2.24, 2.45) is 0 Å². The number of hydrogen-bond donors (Lipinski definition) is 0. The Bertz CT molecular complexity index is 1140. The summed E-state index contributed by atoms with van der Waals surface area (Å²) in [6.45, 7) is 4.36. The molecule has 0 spiro atoms. The summed E-state index contributed by atoms with van der Waals surface area (Å²) in [6.07, 6.45) is 7.60. The molecular weight excluding hydrogens is 444 g/mol. The van der Waals surface area contributed by atoms with Crippen LogP contribution in [0.2, 0.25) is 5.02 Å². The van der Waals surface area contributed by atoms with Gasteiger partial charge in [-0.15, -0.1) is 0 Å². The summed E-state index contributed by atoms with van der Waals surface area (Å²) in [7, 11) is 1.83. The fourth-order valence-corrected chi connectivity index (χ4v) is 4.91. The maximum atomic E-state index is 5.97. The van der Waals surface area contributed by atoms with Gasteiger partial charge >= 0.3 is 0 Å². The summed E-state index contributed by atoms with van der Waals surface area (Å²) in [6, 6.07) is 16.5. The van der Waals surface area contributed by atoms with E-state index in [1.54, 1.807) is 0 Å². The number of anilines is 1. The monoisotopic (exact) mass is 472 g/mol. The molecule has 0 aliphatic carbocycles. The van der Waals surface area contributed by atoms with E-state index in [1.165, 1.54) is 6.42 Å². The molecule has 0 N–H and O–H groups in total. The topological polar surface area (TPSA) is 41.5 Å². The van der Waals surface area contributed by atoms with Gasteiger partial charge in [-0.05, 0) is 61.1 Å². The van der Waals surface area contributed by atoms with Crippen LogP contribution in [0.5, 0.6) is 0 Å². The first kappa shape index (κ1) is 22.9. The van der Waals surface area contributed by atoms with E-state index in [0.29, 0.717) is 12.1 Å². The standard InChI is InChI=1S/C28H29ClN4O/c1-34-27-13-16-32(17-14-27)26-12-15-33(20-26)28-11-3-21(18-31-28)2-9-25-10-6-23(19-30-25)22-4-7-24(29)8-5-22/h3-8,10-11,18-19,26-27H,12-17,20H2,1H3. The zero-order chi connectivity index (χ0) is 23.3. The van der Waals surface area contributed by atoms with Crippen LogP contribution in [0.4, 0.5) is 5.82 Å². The van der Waals surface area contributed by atoms with Crippen LogP contribution in [-0.4, -0.2) is 60.3 Å². The smallest absolute Gasteiger partial charge is 0.128 e. The van der Waals surface area contributed by atoms with Crippen molar-refractivity contribution in [3.05, 3.63) is 77.2 Å². The zero-order valence-corrected chi connectivity index (χ0v) is 20.2. The lowest BCUT2D eigenvalue weighted by atomic mass is 10.1. The van der Waals surface area contributed by atoms with E-state index >= 15 is 0 Å². The lowest BCUT2D eigenvalue weighted by Gasteiger charge is -2.35. The second-order valence-electron chi connectivity index (χ2n) is 8.95. The van der Waals surface area contributed by atoms with Crippen molar-refractivity contribution in [2.75, 3.05) is 38.2 Å². The number of benzene rings is 1. The first-order valence-corrected chi connectivity index (χ1v) is 12.3. The highest BCUT2D eigenvalue weighted by Gasteiger charge is 2.31. The second-order valence-corrected chi connectivity index (χ2v) is 9.39. The van der Waals surface area contributed by atoms with Crippen molar-refractivity contribution in [2.45, 2.75) is 31.4 Å². The van der Waals surface area contributed by atoms with Crippen molar-refractivity contribution in [1.29, 1.82) is 0 Å². The normalized spacial score (nSPS) is 19.1. The molecule has 0 radical (unpaired) electrons. The van der Waals surface area contributed by atoms with Crippen LogP contribution < -0.4 is 4.90 Å². The number of pyridine rings is 2. The first-order chi connectivity index (χ1) is 16.7. The zero-order valence-electron chi connectivity index (χ0n) is 19.5. The van der Waals surface area contributed by atoms with Gasteiger partial charge in [0, 0.05) is 67.9 Å². The third-order valence-electron chi connectivity index (χ3n) is 6.84. The van der Waals surface area contributed by atoms with E-state index < -0.39 is 0 Å². The average Bonchev–Trinajstić information content (AvgIpc) is 3.39. The minimum atomic E-state index is 0.431. The highest BCUT2D eigenvalue weighted by atomic mass is 35.5. The van der Waals surface area contributed by atoms with Crippen molar-refractivity contribution < 1.29 is 4.74 Å². The number of rotatable bonds is 4. The van der Waals surface area contributed by atoms with Crippen LogP contribution in [0.1, 0.15) is 30.5 Å². The van der Waals surface area contributed by atoms with Gasteiger partial charge in [-0.3, -0.25) is 4.90 Å². The molecule has 2 aliphatic heterocycles. The molecule has 34 heavy (non-hydrogen) atoms. The summed E-state index contributed by atoms with van der Waals surface area (Å²) in [5, 5.41) is 0.728. The van der Waals surface area contributed by atoms with Gasteiger partial charge in [0.05, 0.1) is 6.10 Å². The van der Waals surface area contributed by atoms with Crippen LogP contribution in [-0.2, 0) is 4.74 Å². The van der Waals surface area contributed by atoms with E-state index in [9.17, 15) is 0 Å². The molecule has 0 bridgehead atoms. The molecule has 1 aromatic carbocycles. The quantitative estimate of drug-likeness (QED) is 0.506. The Morgan fingerprint density at radius 3 is 2.32 bits per heavy atom. The summed E-state index contributed by atoms with van der Waals surface area (Å²) in [5.41, 5.74) is 3.76. The molecule has 1 atom stereocenters. The largest absolute Gasteiger partial charge is 0.381 e. The molecule has 0 amide bonds. The van der Waals surface area contributed by atoms with Gasteiger partial charge in [0.15, 0.2) is 0 Å². The number of piperidine rings is 1. The number of methoxy groups -OCH3 is 1. The van der Waals surface area contributed by atoms with Crippen LogP contribution in [0.25, 0.3) is 11.1 Å². The molecule has 3 aromatic rings. The molecule has 1 unspecified atom stereocenters. The van der Waals surface area contributed by atoms with Crippen LogP contribution in [0.3, 0.4) is 0 Å². The second kappa shape index (κ2) is 10.6. The Morgan fingerprint density at radius 1 is 0.853 bits per heavy atom. The lowest BCUT2D eigenvalue weighted by molar-refractivity contribution is 0.0301. The Hall–Kier alpha value is -2.91. The first-order valence-electron chi connectivity index (χ1n) is 11.9. The molecule has 5 nitrogen and oxygen atoms in total. The summed E-state index contributed by atoms with van der Waals surface area (Å²) in [5.74, 6) is 7.36. The number of ether oxygens (including phenoxy) is 1. The molecule has 2 aliphatic rings. The van der Waals surface area contributed by atoms with Gasteiger partial charge in [-0.1, -0.05) is 35.7 Å². The van der Waals surface area contributed by atoms with Crippen LogP contribution in [0, 0.1) is 11.8 Å². The van der Waals surface area contributed by atoms with Gasteiger partial charge in [0.25, 0.3) is 0 Å². The fraction of sp³-hybridized carbons (Fsp3) is 0.357. The van der Waals surface area contributed by atoms with Gasteiger partial charge in [-0.2, -0.15) is 0 Å². The van der Waals surface area contributed by atoms with Gasteiger partial charge in [-0.25, -0.2) is 9.97 Å². The molecule has 6 heteroatoms. The van der Waals surface area contributed by atoms with Crippen LogP contribution >= 0.6 is 11.6 Å². The fourth-order valence-electron chi connectivity index (χ4n) is 4.79. The summed E-state index contributed by atoms with van der Waals surface area (Å²) >= 11 is 5.97. The number of aromatic nitrogens is 2. The van der Waals surface area contributed by atoms with Gasteiger partial charge < -0.3 is 9.64 Å². The minimum Gasteiger partial charge on any atom is -0.381 e. The van der Waals surface area contributed by atoms with Gasteiger partial charge in [0.2, 0.25) is 0 Å². The number of hydrogen-bond acceptors (Lipinski definition) is 5. The number of halogens is 1. The third kappa shape index (κ3) is 5.42. The van der Waals surface area contributed by atoms with E-state index in [4.69, 9.17) is 21.3 Å². The third-order valence-corrected chi connectivity index (χ3v) is 7.09. The highest BCUT2D eigenvalue weighted by molar-refractivity contribution is 6.30. The average molecular weight is 473 g/mol. The SMILES string of the molecule is COC1CCN(C2CCN(c3ccc(C#Cc4ccc(-c5ccc(Cl)cc5)cn4)cn3)C2)CC1. The molecule has 2 aromatic heterocycles. The van der Waals surface area contributed by atoms with Crippen molar-refractivity contribution in [3.8, 4) is 23.0 Å². The molecule has 174 valence electrons. The van der Waals surface area contributed by atoms with E-state index in [0.717, 1.165) is 72.2 Å². The van der Waals surface area contributed by atoms with E-state index in [1.807, 2.05) is 55.9 Å². The predicted octanol–water partition coefficient (Wildman–Crippen LogP) is 4.89. The predicted molar refractivity (Wildman–Crippen MR) is 137 cm³/mol. The summed E-state index contributed by atoms with van der Waals surface area (Å²) < 4.78 is 5.51. The Kier molecular flexibility index (Phi) is 7.10. The molecule has 5 rings (SSSR count). The Balaban J connectivity index is 1.17. The Morgan fingerprint density at radius 2 is 1.65 bits per heavy atom. The van der Waals surface area contributed by atoms with E-state index in [2.05, 4.69) is 38.8 Å². The lowest BCUT2D eigenvalue weighted by Crippen LogP contribution is -2.44. The van der Waals surface area contributed by atoms with Crippen molar-refractivity contribution in [1.82, 2.24) is 14.9 Å². The minimum absolute atomic E-state index is 0.431. The molecular formula is C28H29ClN4O. The van der Waals surface area contributed by atoms with Crippen molar-refractivity contribution >= 4 is 17.4 Å². The maximum absolute atomic E-state index is 5.97. The molecule has 0 saturated carbocycles. The molecule has 2 saturated heterocycles. The van der Waals surface area contributed by atoms with E-state index in [-0.39, 0.29) is 0 Å². The van der Waals surface area contributed by atoms with Gasteiger partial charge in [0.1, 0.15) is 11.5 Å². The molecule has 2 fully saturated rings. The summed E-state index contributed by atoms with van der Waals surface area (Å²) in [4.78, 5) is 14.2. The number of nitrogens with zero attached hydrogens (tertiary/aromatic N) is 4. The van der Waals surface area contributed by atoms with Crippen LogP contribution in [0.15, 0.2) is 60.9 Å². The Labute approximate surface area is 206 Å². The highest BCUT2D eigenvalue weighted by Crippen LogP contribution is 2.25. The maximum Gasteiger partial charge on any atom is 0.128 e.